The zero-order valence-electron chi connectivity index (χ0n) is 8.42. The molecule has 0 bridgehead atoms. The van der Waals surface area contributed by atoms with E-state index in [0.29, 0.717) is 13.0 Å². The quantitative estimate of drug-likeness (QED) is 0.517. The van der Waals surface area contributed by atoms with Gasteiger partial charge in [-0.05, 0) is 20.8 Å². The van der Waals surface area contributed by atoms with E-state index in [2.05, 4.69) is 5.48 Å². The SMILES string of the molecule is CC(C)(C)NO[C@@H]1CCOC(=O)C1. The third-order valence-electron chi connectivity index (χ3n) is 1.63. The van der Waals surface area contributed by atoms with Crippen LogP contribution in [0, 0.1) is 0 Å². The summed E-state index contributed by atoms with van der Waals surface area (Å²) >= 11 is 0. The summed E-state index contributed by atoms with van der Waals surface area (Å²) in [6.45, 7) is 6.49. The molecular formula is C9H17NO3. The third-order valence-corrected chi connectivity index (χ3v) is 1.63. The Morgan fingerprint density at radius 1 is 1.54 bits per heavy atom. The van der Waals surface area contributed by atoms with Crippen LogP contribution in [0.4, 0.5) is 0 Å². The lowest BCUT2D eigenvalue weighted by Crippen LogP contribution is -2.41. The first-order valence-electron chi connectivity index (χ1n) is 4.56. The van der Waals surface area contributed by atoms with Gasteiger partial charge >= 0.3 is 5.97 Å². The van der Waals surface area contributed by atoms with Crippen LogP contribution in [-0.4, -0.2) is 24.2 Å². The van der Waals surface area contributed by atoms with Crippen LogP contribution in [0.5, 0.6) is 0 Å². The molecule has 76 valence electrons. The second kappa shape index (κ2) is 4.07. The van der Waals surface area contributed by atoms with Gasteiger partial charge in [-0.2, -0.15) is 5.48 Å². The number of ether oxygens (including phenoxy) is 1. The number of hydrogen-bond donors (Lipinski definition) is 1. The Hall–Kier alpha value is -0.610. The fraction of sp³-hybridized carbons (Fsp3) is 0.889. The third kappa shape index (κ3) is 4.24. The minimum atomic E-state index is -0.174. The lowest BCUT2D eigenvalue weighted by Gasteiger charge is -2.26. The van der Waals surface area contributed by atoms with E-state index in [4.69, 9.17) is 9.57 Å². The predicted octanol–water partition coefficient (Wildman–Crippen LogP) is 1.01. The molecule has 0 spiro atoms. The summed E-state index contributed by atoms with van der Waals surface area (Å²) in [4.78, 5) is 16.2. The number of cyclic esters (lactones) is 1. The molecule has 1 atom stereocenters. The first-order valence-corrected chi connectivity index (χ1v) is 4.56. The molecule has 1 N–H and O–H groups in total. The molecule has 1 fully saturated rings. The summed E-state index contributed by atoms with van der Waals surface area (Å²) in [5, 5.41) is 0. The van der Waals surface area contributed by atoms with Crippen LogP contribution in [0.15, 0.2) is 0 Å². The van der Waals surface area contributed by atoms with Gasteiger partial charge in [0.25, 0.3) is 0 Å². The molecule has 13 heavy (non-hydrogen) atoms. The topological polar surface area (TPSA) is 47.6 Å². The van der Waals surface area contributed by atoms with Crippen LogP contribution in [0.2, 0.25) is 0 Å². The van der Waals surface area contributed by atoms with Crippen LogP contribution < -0.4 is 5.48 Å². The molecule has 1 aliphatic heterocycles. The summed E-state index contributed by atoms with van der Waals surface area (Å²) in [6.07, 6.45) is 1.08. The second-order valence-corrected chi connectivity index (χ2v) is 4.31. The van der Waals surface area contributed by atoms with Crippen molar-refractivity contribution in [3.63, 3.8) is 0 Å². The van der Waals surface area contributed by atoms with Crippen molar-refractivity contribution < 1.29 is 14.4 Å². The van der Waals surface area contributed by atoms with Crippen molar-refractivity contribution in [3.8, 4) is 0 Å². The number of hydroxylamine groups is 1. The highest BCUT2D eigenvalue weighted by Crippen LogP contribution is 2.12. The van der Waals surface area contributed by atoms with Gasteiger partial charge in [-0.3, -0.25) is 9.63 Å². The number of rotatable bonds is 2. The molecule has 1 heterocycles. The van der Waals surface area contributed by atoms with E-state index in [1.54, 1.807) is 0 Å². The fourth-order valence-corrected chi connectivity index (χ4v) is 1.01. The monoisotopic (exact) mass is 187 g/mol. The van der Waals surface area contributed by atoms with Gasteiger partial charge < -0.3 is 4.74 Å². The number of esters is 1. The maximum Gasteiger partial charge on any atom is 0.308 e. The summed E-state index contributed by atoms with van der Waals surface area (Å²) in [7, 11) is 0. The van der Waals surface area contributed by atoms with Crippen LogP contribution in [0.3, 0.4) is 0 Å². The highest BCUT2D eigenvalue weighted by molar-refractivity contribution is 5.70. The van der Waals surface area contributed by atoms with Gasteiger partial charge in [0.05, 0.1) is 19.1 Å². The van der Waals surface area contributed by atoms with Crippen molar-refractivity contribution in [2.75, 3.05) is 6.61 Å². The number of nitrogens with one attached hydrogen (secondary N) is 1. The number of carbonyl (C=O) groups excluding carboxylic acids is 1. The normalized spacial score (nSPS) is 24.2. The number of carbonyl (C=O) groups is 1. The zero-order valence-corrected chi connectivity index (χ0v) is 8.42. The summed E-state index contributed by atoms with van der Waals surface area (Å²) in [5.41, 5.74) is 2.82. The smallest absolute Gasteiger partial charge is 0.308 e. The first-order chi connectivity index (χ1) is 5.97. The molecule has 4 nitrogen and oxygen atoms in total. The van der Waals surface area contributed by atoms with Crippen molar-refractivity contribution in [1.82, 2.24) is 5.48 Å². The Balaban J connectivity index is 2.25. The van der Waals surface area contributed by atoms with Gasteiger partial charge in [-0.25, -0.2) is 0 Å². The standard InChI is InChI=1S/C9H17NO3/c1-9(2,3)10-13-7-4-5-12-8(11)6-7/h7,10H,4-6H2,1-3H3/t7-/m1/s1. The number of hydrogen-bond acceptors (Lipinski definition) is 4. The van der Waals surface area contributed by atoms with Crippen molar-refractivity contribution in [2.24, 2.45) is 0 Å². The van der Waals surface area contributed by atoms with Crippen molar-refractivity contribution in [2.45, 2.75) is 45.3 Å². The Kier molecular flexibility index (Phi) is 3.27. The van der Waals surface area contributed by atoms with E-state index in [1.807, 2.05) is 20.8 Å². The Bertz CT molecular complexity index is 186. The molecular weight excluding hydrogens is 170 g/mol. The van der Waals surface area contributed by atoms with Crippen LogP contribution in [0.1, 0.15) is 33.6 Å². The molecule has 1 aliphatic rings. The highest BCUT2D eigenvalue weighted by Gasteiger charge is 2.23. The van der Waals surface area contributed by atoms with E-state index in [9.17, 15) is 4.79 Å². The van der Waals surface area contributed by atoms with E-state index in [1.165, 1.54) is 0 Å². The molecule has 0 radical (unpaired) electrons. The average Bonchev–Trinajstić information content (AvgIpc) is 2.00. The molecule has 1 saturated heterocycles. The summed E-state index contributed by atoms with van der Waals surface area (Å²) in [5.74, 6) is -0.174. The first kappa shape index (κ1) is 10.5. The lowest BCUT2D eigenvalue weighted by atomic mass is 10.1. The summed E-state index contributed by atoms with van der Waals surface area (Å²) in [6, 6.07) is 0. The second-order valence-electron chi connectivity index (χ2n) is 4.31. The fourth-order valence-electron chi connectivity index (χ4n) is 1.01. The van der Waals surface area contributed by atoms with Gasteiger partial charge in [0, 0.05) is 12.0 Å². The molecule has 0 unspecified atom stereocenters. The zero-order chi connectivity index (χ0) is 9.90. The maximum atomic E-state index is 10.9. The van der Waals surface area contributed by atoms with Crippen LogP contribution in [0.25, 0.3) is 0 Å². The maximum absolute atomic E-state index is 10.9. The summed E-state index contributed by atoms with van der Waals surface area (Å²) < 4.78 is 4.79. The molecule has 0 aliphatic carbocycles. The molecule has 0 amide bonds. The van der Waals surface area contributed by atoms with Crippen molar-refractivity contribution in [1.29, 1.82) is 0 Å². The molecule has 0 saturated carbocycles. The molecule has 1 rings (SSSR count). The Labute approximate surface area is 78.5 Å². The van der Waals surface area contributed by atoms with Gasteiger partial charge in [0.2, 0.25) is 0 Å². The molecule has 0 aromatic carbocycles. The van der Waals surface area contributed by atoms with E-state index >= 15 is 0 Å². The molecule has 0 aromatic rings. The predicted molar refractivity (Wildman–Crippen MR) is 48.0 cm³/mol. The van der Waals surface area contributed by atoms with Gasteiger partial charge in [-0.1, -0.05) is 0 Å². The van der Waals surface area contributed by atoms with Crippen molar-refractivity contribution in [3.05, 3.63) is 0 Å². The van der Waals surface area contributed by atoms with Crippen molar-refractivity contribution >= 4 is 5.97 Å². The van der Waals surface area contributed by atoms with E-state index < -0.39 is 0 Å². The van der Waals surface area contributed by atoms with Gasteiger partial charge in [0.15, 0.2) is 0 Å². The Morgan fingerprint density at radius 2 is 2.23 bits per heavy atom. The molecule has 4 heteroatoms. The lowest BCUT2D eigenvalue weighted by molar-refractivity contribution is -0.160. The highest BCUT2D eigenvalue weighted by atomic mass is 16.7. The largest absolute Gasteiger partial charge is 0.465 e. The Morgan fingerprint density at radius 3 is 2.77 bits per heavy atom. The molecule has 0 aromatic heterocycles. The van der Waals surface area contributed by atoms with Crippen LogP contribution in [-0.2, 0) is 14.4 Å². The van der Waals surface area contributed by atoms with Gasteiger partial charge in [0.1, 0.15) is 0 Å². The van der Waals surface area contributed by atoms with Crippen LogP contribution >= 0.6 is 0 Å². The van der Waals surface area contributed by atoms with E-state index in [-0.39, 0.29) is 17.6 Å². The average molecular weight is 187 g/mol. The minimum Gasteiger partial charge on any atom is -0.465 e. The minimum absolute atomic E-state index is 0.0412. The van der Waals surface area contributed by atoms with E-state index in [0.717, 1.165) is 6.42 Å². The van der Waals surface area contributed by atoms with Gasteiger partial charge in [-0.15, -0.1) is 0 Å².